The molecule has 1 saturated heterocycles. The Morgan fingerprint density at radius 1 is 1.06 bits per heavy atom. The molecule has 8 heteroatoms. The molecule has 0 aliphatic carbocycles. The maximum Gasteiger partial charge on any atom is 0.253 e. The van der Waals surface area contributed by atoms with Crippen LogP contribution >= 0.6 is 11.8 Å². The van der Waals surface area contributed by atoms with Crippen LogP contribution in [0.4, 0.5) is 11.6 Å². The monoisotopic (exact) mass is 449 g/mol. The van der Waals surface area contributed by atoms with Crippen LogP contribution in [-0.2, 0) is 0 Å². The second-order valence-electron chi connectivity index (χ2n) is 7.46. The van der Waals surface area contributed by atoms with Gasteiger partial charge in [0.25, 0.3) is 5.91 Å². The van der Waals surface area contributed by atoms with Crippen LogP contribution in [0.1, 0.15) is 16.8 Å². The van der Waals surface area contributed by atoms with Gasteiger partial charge < -0.3 is 20.6 Å². The van der Waals surface area contributed by atoms with Crippen LogP contribution < -0.4 is 10.6 Å². The third-order valence-electron chi connectivity index (χ3n) is 5.17. The first-order valence-corrected chi connectivity index (χ1v) is 11.8. The maximum atomic E-state index is 12.6. The predicted octanol–water partition coefficient (Wildman–Crippen LogP) is 3.41. The van der Waals surface area contributed by atoms with Crippen molar-refractivity contribution in [2.24, 2.45) is 0 Å². The molecule has 2 aromatic carbocycles. The zero-order valence-corrected chi connectivity index (χ0v) is 18.6. The summed E-state index contributed by atoms with van der Waals surface area (Å²) in [5, 5.41) is 15.4. The average Bonchev–Trinajstić information content (AvgIpc) is 2.85. The van der Waals surface area contributed by atoms with E-state index in [-0.39, 0.29) is 12.5 Å². The molecule has 4 rings (SSSR count). The van der Waals surface area contributed by atoms with E-state index in [1.807, 2.05) is 47.4 Å². The number of carbonyl (C=O) groups is 1. The van der Waals surface area contributed by atoms with Gasteiger partial charge in [-0.05, 0) is 48.9 Å². The average molecular weight is 450 g/mol. The summed E-state index contributed by atoms with van der Waals surface area (Å²) in [4.78, 5) is 24.6. The highest BCUT2D eigenvalue weighted by Gasteiger charge is 2.17. The summed E-state index contributed by atoms with van der Waals surface area (Å²) < 4.78 is 0. The minimum atomic E-state index is 0.0641. The largest absolute Gasteiger partial charge is 0.396 e. The molecule has 0 bridgehead atoms. The molecule has 3 aromatic rings. The zero-order chi connectivity index (χ0) is 22.2. The second kappa shape index (κ2) is 11.1. The third-order valence-corrected chi connectivity index (χ3v) is 6.27. The normalized spacial score (nSPS) is 13.7. The topological polar surface area (TPSA) is 90.4 Å². The summed E-state index contributed by atoms with van der Waals surface area (Å²) in [6, 6.07) is 17.5. The highest BCUT2D eigenvalue weighted by atomic mass is 32.2. The summed E-state index contributed by atoms with van der Waals surface area (Å²) in [7, 11) is 0. The number of aromatic nitrogens is 2. The fourth-order valence-electron chi connectivity index (χ4n) is 3.43. The first kappa shape index (κ1) is 22.3. The number of rotatable bonds is 8. The Bertz CT molecular complexity index is 1020. The molecule has 1 aliphatic rings. The van der Waals surface area contributed by atoms with Crippen molar-refractivity contribution >= 4 is 29.3 Å². The lowest BCUT2D eigenvalue weighted by Crippen LogP contribution is -2.46. The minimum Gasteiger partial charge on any atom is -0.396 e. The molecule has 0 unspecified atom stereocenters. The van der Waals surface area contributed by atoms with Crippen molar-refractivity contribution < 1.29 is 9.90 Å². The smallest absolute Gasteiger partial charge is 0.253 e. The number of nitrogens with one attached hydrogen (secondary N) is 2. The van der Waals surface area contributed by atoms with Gasteiger partial charge in [-0.1, -0.05) is 12.1 Å². The summed E-state index contributed by atoms with van der Waals surface area (Å²) in [6.45, 7) is 3.37. The lowest BCUT2D eigenvalue weighted by Gasteiger charge is -2.27. The molecular formula is C24H27N5O2S. The number of piperazine rings is 1. The summed E-state index contributed by atoms with van der Waals surface area (Å²) in [5.41, 5.74) is 3.36. The van der Waals surface area contributed by atoms with Crippen molar-refractivity contribution in [3.05, 3.63) is 66.4 Å². The number of aliphatic hydroxyl groups is 1. The van der Waals surface area contributed by atoms with E-state index in [1.165, 1.54) is 4.90 Å². The lowest BCUT2D eigenvalue weighted by atomic mass is 10.1. The van der Waals surface area contributed by atoms with Crippen molar-refractivity contribution in [2.45, 2.75) is 11.3 Å². The van der Waals surface area contributed by atoms with E-state index in [9.17, 15) is 4.79 Å². The number of nitrogens with zero attached hydrogens (tertiary/aromatic N) is 3. The van der Waals surface area contributed by atoms with Crippen LogP contribution in [0.15, 0.2) is 65.7 Å². The molecule has 1 fully saturated rings. The van der Waals surface area contributed by atoms with Gasteiger partial charge in [-0.3, -0.25) is 4.79 Å². The van der Waals surface area contributed by atoms with Gasteiger partial charge in [-0.15, -0.1) is 11.8 Å². The number of thioether (sulfide) groups is 1. The summed E-state index contributed by atoms with van der Waals surface area (Å²) >= 11 is 1.73. The van der Waals surface area contributed by atoms with Gasteiger partial charge in [0.2, 0.25) is 5.95 Å². The molecule has 0 spiro atoms. The van der Waals surface area contributed by atoms with Gasteiger partial charge in [0.15, 0.2) is 0 Å². The van der Waals surface area contributed by atoms with Gasteiger partial charge >= 0.3 is 0 Å². The molecular weight excluding hydrogens is 422 g/mol. The number of anilines is 2. The van der Waals surface area contributed by atoms with E-state index in [0.717, 1.165) is 55.3 Å². The molecule has 7 nitrogen and oxygen atoms in total. The van der Waals surface area contributed by atoms with Crippen LogP contribution in [0.25, 0.3) is 11.3 Å². The van der Waals surface area contributed by atoms with Crippen molar-refractivity contribution in [1.29, 1.82) is 0 Å². The van der Waals surface area contributed by atoms with Crippen LogP contribution in [0, 0.1) is 0 Å². The predicted molar refractivity (Wildman–Crippen MR) is 128 cm³/mol. The standard InChI is InChI=1S/C24H27N5O2S/c30-16-1-17-32-21-8-4-18(5-9-21)22-10-11-26-24(28-22)27-20-6-2-19(3-7-20)23(31)29-14-12-25-13-15-29/h2-11,25,30H,1,12-17H2,(H,26,27,28). The van der Waals surface area contributed by atoms with E-state index in [2.05, 4.69) is 32.7 Å². The van der Waals surface area contributed by atoms with E-state index in [4.69, 9.17) is 5.11 Å². The van der Waals surface area contributed by atoms with Crippen molar-refractivity contribution in [1.82, 2.24) is 20.2 Å². The fourth-order valence-corrected chi connectivity index (χ4v) is 4.27. The molecule has 3 N–H and O–H groups in total. The van der Waals surface area contributed by atoms with E-state index < -0.39 is 0 Å². The Balaban J connectivity index is 1.40. The Kier molecular flexibility index (Phi) is 7.71. The molecule has 32 heavy (non-hydrogen) atoms. The van der Waals surface area contributed by atoms with Crippen molar-refractivity contribution in [3.63, 3.8) is 0 Å². The third kappa shape index (κ3) is 5.85. The number of aliphatic hydroxyl groups excluding tert-OH is 1. The summed E-state index contributed by atoms with van der Waals surface area (Å²) in [6.07, 6.45) is 2.52. The van der Waals surface area contributed by atoms with Gasteiger partial charge in [0.1, 0.15) is 0 Å². The highest BCUT2D eigenvalue weighted by molar-refractivity contribution is 7.99. The van der Waals surface area contributed by atoms with Gasteiger partial charge in [-0.2, -0.15) is 0 Å². The first-order valence-electron chi connectivity index (χ1n) is 10.8. The molecule has 0 saturated carbocycles. The quantitative estimate of drug-likeness (QED) is 0.359. The van der Waals surface area contributed by atoms with E-state index in [0.29, 0.717) is 11.5 Å². The van der Waals surface area contributed by atoms with Gasteiger partial charge in [0, 0.05) is 66.4 Å². The number of hydrogen-bond donors (Lipinski definition) is 3. The highest BCUT2D eigenvalue weighted by Crippen LogP contribution is 2.24. The molecule has 0 radical (unpaired) electrons. The van der Waals surface area contributed by atoms with Gasteiger partial charge in [-0.25, -0.2) is 9.97 Å². The molecule has 1 amide bonds. The minimum absolute atomic E-state index is 0.0641. The maximum absolute atomic E-state index is 12.6. The Morgan fingerprint density at radius 2 is 1.81 bits per heavy atom. The van der Waals surface area contributed by atoms with Crippen LogP contribution in [-0.4, -0.2) is 64.4 Å². The first-order chi connectivity index (χ1) is 15.7. The van der Waals surface area contributed by atoms with E-state index >= 15 is 0 Å². The van der Waals surface area contributed by atoms with E-state index in [1.54, 1.807) is 18.0 Å². The van der Waals surface area contributed by atoms with Gasteiger partial charge in [0.05, 0.1) is 5.69 Å². The number of amides is 1. The fraction of sp³-hybridized carbons (Fsp3) is 0.292. The number of benzene rings is 2. The number of hydrogen-bond acceptors (Lipinski definition) is 7. The molecule has 1 aromatic heterocycles. The summed E-state index contributed by atoms with van der Waals surface area (Å²) in [5.74, 6) is 1.47. The molecule has 2 heterocycles. The van der Waals surface area contributed by atoms with Crippen molar-refractivity contribution in [3.8, 4) is 11.3 Å². The Morgan fingerprint density at radius 3 is 2.53 bits per heavy atom. The zero-order valence-electron chi connectivity index (χ0n) is 17.8. The number of carbonyl (C=O) groups excluding carboxylic acids is 1. The lowest BCUT2D eigenvalue weighted by molar-refractivity contribution is 0.0736. The van der Waals surface area contributed by atoms with Crippen LogP contribution in [0.5, 0.6) is 0 Å². The van der Waals surface area contributed by atoms with Crippen LogP contribution in [0.3, 0.4) is 0 Å². The Labute approximate surface area is 192 Å². The van der Waals surface area contributed by atoms with Crippen LogP contribution in [0.2, 0.25) is 0 Å². The Hall–Kier alpha value is -2.94. The molecule has 166 valence electrons. The SMILES string of the molecule is O=C(c1ccc(Nc2nccc(-c3ccc(SCCCO)cc3)n2)cc1)N1CCNCC1. The molecule has 0 atom stereocenters. The second-order valence-corrected chi connectivity index (χ2v) is 8.63. The molecule has 1 aliphatic heterocycles. The van der Waals surface area contributed by atoms with Crippen molar-refractivity contribution in [2.75, 3.05) is 43.9 Å².